The molecule has 0 rings (SSSR count). The maximum absolute atomic E-state index is 6.37. The highest BCUT2D eigenvalue weighted by molar-refractivity contribution is 9.09. The number of halogens is 3. The molecular weight excluding hydrogens is 375 g/mol. The SMILES string of the molecule is CCCCCCCCC(Cl)CCC(Br)CCCBr. The van der Waals surface area contributed by atoms with E-state index < -0.39 is 0 Å². The molecule has 0 aliphatic carbocycles. The molecule has 2 unspecified atom stereocenters. The molecule has 0 aromatic heterocycles. The second-order valence-electron chi connectivity index (χ2n) is 5.16. The Morgan fingerprint density at radius 3 is 2.17 bits per heavy atom. The Hall–Kier alpha value is 1.25. The van der Waals surface area contributed by atoms with E-state index in [-0.39, 0.29) is 0 Å². The third kappa shape index (κ3) is 13.7. The summed E-state index contributed by atoms with van der Waals surface area (Å²) in [5.74, 6) is 0. The number of rotatable bonds is 13. The van der Waals surface area contributed by atoms with Gasteiger partial charge in [-0.3, -0.25) is 0 Å². The van der Waals surface area contributed by atoms with Gasteiger partial charge in [-0.05, 0) is 32.1 Å². The summed E-state index contributed by atoms with van der Waals surface area (Å²) in [5.41, 5.74) is 0. The molecule has 18 heavy (non-hydrogen) atoms. The topological polar surface area (TPSA) is 0 Å². The van der Waals surface area contributed by atoms with Gasteiger partial charge in [0.05, 0.1) is 0 Å². The first-order valence-electron chi connectivity index (χ1n) is 7.54. The first kappa shape index (κ1) is 19.2. The van der Waals surface area contributed by atoms with Crippen LogP contribution in [0, 0.1) is 0 Å². The molecule has 0 amide bonds. The van der Waals surface area contributed by atoms with Crippen LogP contribution in [0.5, 0.6) is 0 Å². The van der Waals surface area contributed by atoms with Crippen LogP contribution in [-0.4, -0.2) is 15.5 Å². The van der Waals surface area contributed by atoms with Crippen molar-refractivity contribution in [1.29, 1.82) is 0 Å². The van der Waals surface area contributed by atoms with Gasteiger partial charge >= 0.3 is 0 Å². The van der Waals surface area contributed by atoms with Crippen LogP contribution in [0.2, 0.25) is 0 Å². The molecule has 0 aliphatic rings. The minimum absolute atomic E-state index is 0.389. The van der Waals surface area contributed by atoms with E-state index in [4.69, 9.17) is 11.6 Å². The second kappa shape index (κ2) is 14.7. The Bertz CT molecular complexity index is 165. The summed E-state index contributed by atoms with van der Waals surface area (Å²) in [7, 11) is 0. The van der Waals surface area contributed by atoms with Crippen molar-refractivity contribution in [2.24, 2.45) is 0 Å². The van der Waals surface area contributed by atoms with Gasteiger partial charge in [-0.25, -0.2) is 0 Å². The molecule has 0 aliphatic heterocycles. The number of hydrogen-bond acceptors (Lipinski definition) is 0. The standard InChI is InChI=1S/C15H29Br2Cl/c1-2-3-4-5-6-7-10-15(18)12-11-14(17)9-8-13-16/h14-15H,2-13H2,1H3. The van der Waals surface area contributed by atoms with Crippen molar-refractivity contribution in [1.82, 2.24) is 0 Å². The molecule has 0 heterocycles. The largest absolute Gasteiger partial charge is 0.123 e. The Morgan fingerprint density at radius 1 is 0.833 bits per heavy atom. The third-order valence-electron chi connectivity index (χ3n) is 3.32. The summed E-state index contributed by atoms with van der Waals surface area (Å²) in [5, 5.41) is 1.50. The summed E-state index contributed by atoms with van der Waals surface area (Å²) in [4.78, 5) is 0.654. The number of hydrogen-bond donors (Lipinski definition) is 0. The van der Waals surface area contributed by atoms with Crippen molar-refractivity contribution in [3.05, 3.63) is 0 Å². The fourth-order valence-electron chi connectivity index (χ4n) is 2.10. The lowest BCUT2D eigenvalue weighted by molar-refractivity contribution is 0.553. The third-order valence-corrected chi connectivity index (χ3v) is 5.23. The molecule has 0 radical (unpaired) electrons. The molecule has 0 aromatic rings. The summed E-state index contributed by atoms with van der Waals surface area (Å²) in [6.45, 7) is 2.26. The summed E-state index contributed by atoms with van der Waals surface area (Å²) >= 11 is 13.6. The molecule has 0 saturated carbocycles. The monoisotopic (exact) mass is 402 g/mol. The van der Waals surface area contributed by atoms with Crippen LogP contribution in [0.3, 0.4) is 0 Å². The van der Waals surface area contributed by atoms with Crippen molar-refractivity contribution in [3.63, 3.8) is 0 Å². The Balaban J connectivity index is 3.28. The smallest absolute Gasteiger partial charge is 0.0336 e. The van der Waals surface area contributed by atoms with Gasteiger partial charge in [0.15, 0.2) is 0 Å². The maximum Gasteiger partial charge on any atom is 0.0336 e. The highest BCUT2D eigenvalue weighted by atomic mass is 79.9. The van der Waals surface area contributed by atoms with Crippen LogP contribution in [-0.2, 0) is 0 Å². The van der Waals surface area contributed by atoms with Crippen LogP contribution < -0.4 is 0 Å². The number of unbranched alkanes of at least 4 members (excludes halogenated alkanes) is 5. The van der Waals surface area contributed by atoms with Crippen molar-refractivity contribution in [2.75, 3.05) is 5.33 Å². The first-order chi connectivity index (χ1) is 8.70. The van der Waals surface area contributed by atoms with E-state index in [2.05, 4.69) is 38.8 Å². The van der Waals surface area contributed by atoms with Gasteiger partial charge in [0.25, 0.3) is 0 Å². The zero-order valence-electron chi connectivity index (χ0n) is 11.8. The fourth-order valence-corrected chi connectivity index (χ4v) is 3.29. The van der Waals surface area contributed by atoms with Gasteiger partial charge in [-0.1, -0.05) is 77.3 Å². The van der Waals surface area contributed by atoms with Crippen molar-refractivity contribution in [2.45, 2.75) is 87.8 Å². The van der Waals surface area contributed by atoms with E-state index >= 15 is 0 Å². The van der Waals surface area contributed by atoms with Gasteiger partial charge in [0.1, 0.15) is 0 Å². The first-order valence-corrected chi connectivity index (χ1v) is 10.0. The van der Waals surface area contributed by atoms with Gasteiger partial charge in [-0.15, -0.1) is 11.6 Å². The van der Waals surface area contributed by atoms with Gasteiger partial charge in [0.2, 0.25) is 0 Å². The molecule has 0 N–H and O–H groups in total. The van der Waals surface area contributed by atoms with Crippen LogP contribution in [0.4, 0.5) is 0 Å². The highest BCUT2D eigenvalue weighted by Crippen LogP contribution is 2.21. The quantitative estimate of drug-likeness (QED) is 0.228. The minimum atomic E-state index is 0.389. The molecule has 0 nitrogen and oxygen atoms in total. The summed E-state index contributed by atoms with van der Waals surface area (Å²) in [6, 6.07) is 0. The second-order valence-corrected chi connectivity index (χ2v) is 7.86. The van der Waals surface area contributed by atoms with E-state index in [1.165, 1.54) is 64.2 Å². The normalized spacial score (nSPS) is 14.7. The highest BCUT2D eigenvalue weighted by Gasteiger charge is 2.09. The molecule has 0 saturated heterocycles. The van der Waals surface area contributed by atoms with Crippen molar-refractivity contribution >= 4 is 43.5 Å². The van der Waals surface area contributed by atoms with Crippen molar-refractivity contribution in [3.8, 4) is 0 Å². The van der Waals surface area contributed by atoms with E-state index in [0.717, 1.165) is 11.8 Å². The molecule has 0 fully saturated rings. The Labute approximate surface area is 136 Å². The zero-order chi connectivity index (χ0) is 13.6. The van der Waals surface area contributed by atoms with Gasteiger partial charge < -0.3 is 0 Å². The van der Waals surface area contributed by atoms with Crippen LogP contribution in [0.15, 0.2) is 0 Å². The van der Waals surface area contributed by atoms with Crippen LogP contribution in [0.25, 0.3) is 0 Å². The van der Waals surface area contributed by atoms with E-state index in [1.807, 2.05) is 0 Å². The summed E-state index contributed by atoms with van der Waals surface area (Å²) < 4.78 is 0. The van der Waals surface area contributed by atoms with E-state index in [0.29, 0.717) is 10.2 Å². The summed E-state index contributed by atoms with van der Waals surface area (Å²) in [6.07, 6.45) is 14.3. The van der Waals surface area contributed by atoms with Crippen LogP contribution >= 0.6 is 43.5 Å². The number of alkyl halides is 3. The predicted molar refractivity (Wildman–Crippen MR) is 92.6 cm³/mol. The average Bonchev–Trinajstić information content (AvgIpc) is 2.38. The van der Waals surface area contributed by atoms with Gasteiger partial charge in [0, 0.05) is 15.5 Å². The minimum Gasteiger partial charge on any atom is -0.123 e. The molecule has 3 heteroatoms. The molecular formula is C15H29Br2Cl. The zero-order valence-corrected chi connectivity index (χ0v) is 15.7. The molecule has 2 atom stereocenters. The average molecular weight is 405 g/mol. The lowest BCUT2D eigenvalue weighted by atomic mass is 10.0. The molecule has 0 spiro atoms. The van der Waals surface area contributed by atoms with Gasteiger partial charge in [-0.2, -0.15) is 0 Å². The fraction of sp³-hybridized carbons (Fsp3) is 1.00. The van der Waals surface area contributed by atoms with E-state index in [1.54, 1.807) is 0 Å². The van der Waals surface area contributed by atoms with Crippen molar-refractivity contribution < 1.29 is 0 Å². The predicted octanol–water partition coefficient (Wildman–Crippen LogP) is 7.06. The lowest BCUT2D eigenvalue weighted by Gasteiger charge is -2.12. The van der Waals surface area contributed by atoms with Crippen LogP contribution in [0.1, 0.15) is 77.6 Å². The maximum atomic E-state index is 6.37. The molecule has 0 bridgehead atoms. The molecule has 110 valence electrons. The Kier molecular flexibility index (Phi) is 15.7. The van der Waals surface area contributed by atoms with E-state index in [9.17, 15) is 0 Å². The lowest BCUT2D eigenvalue weighted by Crippen LogP contribution is -2.05. The Morgan fingerprint density at radius 2 is 1.50 bits per heavy atom. The molecule has 0 aromatic carbocycles.